The molecule has 0 radical (unpaired) electrons. The Morgan fingerprint density at radius 3 is 2.58 bits per heavy atom. The van der Waals surface area contributed by atoms with Crippen molar-refractivity contribution in [3.63, 3.8) is 0 Å². The van der Waals surface area contributed by atoms with Crippen molar-refractivity contribution in [2.45, 2.75) is 44.9 Å². The summed E-state index contributed by atoms with van der Waals surface area (Å²) in [5, 5.41) is 6.65. The van der Waals surface area contributed by atoms with Gasteiger partial charge in [0.15, 0.2) is 15.8 Å². The van der Waals surface area contributed by atoms with Crippen LogP contribution in [0.3, 0.4) is 0 Å². The third kappa shape index (κ3) is 5.19. The van der Waals surface area contributed by atoms with Crippen molar-refractivity contribution >= 4 is 15.8 Å². The largest absolute Gasteiger partial charge is 0.357 e. The van der Waals surface area contributed by atoms with E-state index < -0.39 is 9.84 Å². The molecule has 2 aliphatic carbocycles. The Hall–Kier alpha value is -1.63. The van der Waals surface area contributed by atoms with Crippen LogP contribution in [0.25, 0.3) is 0 Å². The molecule has 0 heterocycles. The summed E-state index contributed by atoms with van der Waals surface area (Å²) >= 11 is 0. The fourth-order valence-electron chi connectivity index (χ4n) is 3.52. The Morgan fingerprint density at radius 1 is 1.27 bits per heavy atom. The molecule has 2 aliphatic rings. The lowest BCUT2D eigenvalue weighted by Gasteiger charge is -2.18. The van der Waals surface area contributed by atoms with Gasteiger partial charge in [0, 0.05) is 19.3 Å². The fourth-order valence-corrected chi connectivity index (χ4v) is 4.36. The highest BCUT2D eigenvalue weighted by molar-refractivity contribution is 7.89. The number of aliphatic imine (C=N–C) groups is 1. The van der Waals surface area contributed by atoms with Gasteiger partial charge in [0.2, 0.25) is 0 Å². The van der Waals surface area contributed by atoms with E-state index in [1.165, 1.54) is 50.1 Å². The second-order valence-corrected chi connectivity index (χ2v) is 9.81. The Bertz CT molecular complexity index is 784. The van der Waals surface area contributed by atoms with Gasteiger partial charge in [-0.1, -0.05) is 6.07 Å². The van der Waals surface area contributed by atoms with Crippen LogP contribution in [-0.4, -0.2) is 33.7 Å². The van der Waals surface area contributed by atoms with E-state index >= 15 is 0 Å². The predicted molar refractivity (Wildman–Crippen MR) is 102 cm³/mol. The Kier molecular flexibility index (Phi) is 5.55. The second kappa shape index (κ2) is 7.55. The van der Waals surface area contributed by atoms with E-state index in [1.54, 1.807) is 0 Å². The van der Waals surface area contributed by atoms with Gasteiger partial charge in [-0.2, -0.15) is 0 Å². The van der Waals surface area contributed by atoms with Crippen molar-refractivity contribution in [1.29, 1.82) is 0 Å². The van der Waals surface area contributed by atoms with Crippen LogP contribution in [0.5, 0.6) is 0 Å². The van der Waals surface area contributed by atoms with E-state index in [4.69, 9.17) is 0 Å². The monoisotopic (exact) mass is 381 g/mol. The first-order valence-corrected chi connectivity index (χ1v) is 11.3. The van der Waals surface area contributed by atoms with E-state index in [1.807, 2.05) is 6.92 Å². The lowest BCUT2D eigenvalue weighted by molar-refractivity contribution is 0.431. The maximum Gasteiger partial charge on any atom is 0.191 e. The lowest BCUT2D eigenvalue weighted by Crippen LogP contribution is -2.40. The van der Waals surface area contributed by atoms with Gasteiger partial charge in [-0.15, -0.1) is 0 Å². The molecule has 0 spiro atoms. The second-order valence-electron chi connectivity index (χ2n) is 7.67. The minimum absolute atomic E-state index is 0.104. The van der Waals surface area contributed by atoms with Gasteiger partial charge in [-0.25, -0.2) is 17.8 Å². The number of nitrogens with zero attached hydrogens (tertiary/aromatic N) is 1. The summed E-state index contributed by atoms with van der Waals surface area (Å²) in [4.78, 5) is 4.56. The normalized spacial score (nSPS) is 19.3. The molecule has 1 aromatic rings. The predicted octanol–water partition coefficient (Wildman–Crippen LogP) is 2.62. The highest BCUT2D eigenvalue weighted by Crippen LogP contribution is 2.60. The highest BCUT2D eigenvalue weighted by Gasteiger charge is 2.53. The molecule has 3 rings (SSSR count). The Labute approximate surface area is 155 Å². The van der Waals surface area contributed by atoms with Crippen LogP contribution in [0.1, 0.15) is 43.7 Å². The van der Waals surface area contributed by atoms with Crippen molar-refractivity contribution in [1.82, 2.24) is 10.6 Å². The van der Waals surface area contributed by atoms with Crippen molar-refractivity contribution < 1.29 is 12.8 Å². The number of sulfone groups is 1. The van der Waals surface area contributed by atoms with Crippen molar-refractivity contribution in [2.24, 2.45) is 16.3 Å². The lowest BCUT2D eigenvalue weighted by atomic mass is 10.0. The van der Waals surface area contributed by atoms with Gasteiger partial charge in [0.1, 0.15) is 5.82 Å². The molecule has 0 aromatic heterocycles. The molecule has 144 valence electrons. The first-order valence-electron chi connectivity index (χ1n) is 9.28. The summed E-state index contributed by atoms with van der Waals surface area (Å²) in [7, 11) is -3.19. The molecule has 2 N–H and O–H groups in total. The fraction of sp³-hybridized carbons (Fsp3) is 0.632. The van der Waals surface area contributed by atoms with Crippen LogP contribution in [-0.2, 0) is 22.1 Å². The third-order valence-electron chi connectivity index (χ3n) is 5.28. The number of rotatable bonds is 8. The number of hydrogen-bond donors (Lipinski definition) is 2. The SMILES string of the molecule is CCNC(=NCc1cc(F)ccc1CS(C)(=O)=O)NCC1(C2CC2)CC1. The zero-order valence-corrected chi connectivity index (χ0v) is 16.3. The summed E-state index contributed by atoms with van der Waals surface area (Å²) in [5.41, 5.74) is 1.66. The molecule has 2 saturated carbocycles. The first-order chi connectivity index (χ1) is 12.3. The van der Waals surface area contributed by atoms with Crippen LogP contribution in [0.2, 0.25) is 0 Å². The summed E-state index contributed by atoms with van der Waals surface area (Å²) in [6, 6.07) is 4.21. The highest BCUT2D eigenvalue weighted by atomic mass is 32.2. The van der Waals surface area contributed by atoms with Crippen LogP contribution in [0, 0.1) is 17.2 Å². The van der Waals surface area contributed by atoms with Crippen molar-refractivity contribution in [3.8, 4) is 0 Å². The molecule has 0 amide bonds. The maximum atomic E-state index is 13.6. The van der Waals surface area contributed by atoms with Crippen molar-refractivity contribution in [3.05, 3.63) is 35.1 Å². The maximum absolute atomic E-state index is 13.6. The minimum atomic E-state index is -3.19. The van der Waals surface area contributed by atoms with E-state index in [9.17, 15) is 12.8 Å². The van der Waals surface area contributed by atoms with Gasteiger partial charge in [-0.05, 0) is 67.2 Å². The molecule has 1 aromatic carbocycles. The molecule has 26 heavy (non-hydrogen) atoms. The third-order valence-corrected chi connectivity index (χ3v) is 6.12. The average Bonchev–Trinajstić information content (AvgIpc) is 3.44. The van der Waals surface area contributed by atoms with E-state index in [2.05, 4.69) is 15.6 Å². The molecule has 0 bridgehead atoms. The zero-order valence-electron chi connectivity index (χ0n) is 15.5. The topological polar surface area (TPSA) is 70.6 Å². The van der Waals surface area contributed by atoms with Gasteiger partial charge < -0.3 is 10.6 Å². The van der Waals surface area contributed by atoms with Crippen LogP contribution < -0.4 is 10.6 Å². The number of hydrogen-bond acceptors (Lipinski definition) is 3. The Balaban J connectivity index is 1.69. The summed E-state index contributed by atoms with van der Waals surface area (Å²) < 4.78 is 36.9. The first kappa shape index (κ1) is 19.1. The summed E-state index contributed by atoms with van der Waals surface area (Å²) in [6.07, 6.45) is 6.43. The number of guanidine groups is 1. The summed E-state index contributed by atoms with van der Waals surface area (Å²) in [6.45, 7) is 3.90. The standard InChI is InChI=1S/C19H28FN3O2S/c1-3-21-18(23-13-19(8-9-19)16-5-6-16)22-11-15-10-17(20)7-4-14(15)12-26(2,24)25/h4,7,10,16H,3,5-6,8-9,11-13H2,1-2H3,(H2,21,22,23). The van der Waals surface area contributed by atoms with Crippen LogP contribution in [0.15, 0.2) is 23.2 Å². The van der Waals surface area contributed by atoms with Gasteiger partial charge in [-0.3, -0.25) is 0 Å². The van der Waals surface area contributed by atoms with Crippen LogP contribution in [0.4, 0.5) is 4.39 Å². The molecular formula is C19H28FN3O2S. The zero-order chi connectivity index (χ0) is 18.8. The van der Waals surface area contributed by atoms with E-state index in [-0.39, 0.29) is 18.1 Å². The molecule has 0 atom stereocenters. The average molecular weight is 382 g/mol. The smallest absolute Gasteiger partial charge is 0.191 e. The number of nitrogens with one attached hydrogen (secondary N) is 2. The molecular weight excluding hydrogens is 353 g/mol. The quantitative estimate of drug-likeness (QED) is 0.536. The van der Waals surface area contributed by atoms with E-state index in [0.29, 0.717) is 22.5 Å². The van der Waals surface area contributed by atoms with E-state index in [0.717, 1.165) is 19.0 Å². The molecule has 0 unspecified atom stereocenters. The van der Waals surface area contributed by atoms with Gasteiger partial charge in [0.05, 0.1) is 12.3 Å². The number of benzene rings is 1. The summed E-state index contributed by atoms with van der Waals surface area (Å²) in [5.74, 6) is 1.08. The number of halogens is 1. The molecule has 7 heteroatoms. The molecule has 5 nitrogen and oxygen atoms in total. The molecule has 2 fully saturated rings. The Morgan fingerprint density at radius 2 is 2.00 bits per heavy atom. The van der Waals surface area contributed by atoms with Gasteiger partial charge in [0.25, 0.3) is 0 Å². The van der Waals surface area contributed by atoms with Crippen LogP contribution >= 0.6 is 0 Å². The van der Waals surface area contributed by atoms with Gasteiger partial charge >= 0.3 is 0 Å². The minimum Gasteiger partial charge on any atom is -0.357 e. The molecule has 0 aliphatic heterocycles. The van der Waals surface area contributed by atoms with Crippen molar-refractivity contribution in [2.75, 3.05) is 19.3 Å². The molecule has 0 saturated heterocycles.